The van der Waals surface area contributed by atoms with Crippen LogP contribution in [-0.4, -0.2) is 38.9 Å². The zero-order valence-electron chi connectivity index (χ0n) is 11.9. The summed E-state index contributed by atoms with van der Waals surface area (Å²) in [4.78, 5) is 12.3. The molecule has 2 N–H and O–H groups in total. The quantitative estimate of drug-likeness (QED) is 0.865. The second-order valence-corrected chi connectivity index (χ2v) is 7.86. The molecule has 21 heavy (non-hydrogen) atoms. The Morgan fingerprint density at radius 2 is 2.19 bits per heavy atom. The predicted octanol–water partition coefficient (Wildman–Crippen LogP) is 1.94. The summed E-state index contributed by atoms with van der Waals surface area (Å²) in [7, 11) is -2.92. The van der Waals surface area contributed by atoms with Gasteiger partial charge in [0.15, 0.2) is 9.84 Å². The highest BCUT2D eigenvalue weighted by Crippen LogP contribution is 2.21. The molecule has 1 atom stereocenters. The highest BCUT2D eigenvalue weighted by atomic mass is 35.5. The van der Waals surface area contributed by atoms with Crippen LogP contribution < -0.4 is 10.6 Å². The molecule has 1 aliphatic heterocycles. The summed E-state index contributed by atoms with van der Waals surface area (Å²) in [6.45, 7) is 3.01. The molecule has 116 valence electrons. The van der Waals surface area contributed by atoms with Crippen LogP contribution in [0, 0.1) is 5.92 Å². The first-order valence-electron chi connectivity index (χ1n) is 6.93. The average Bonchev–Trinajstić information content (AvgIpc) is 2.78. The molecule has 0 aromatic heterocycles. The summed E-state index contributed by atoms with van der Waals surface area (Å²) in [6.07, 6.45) is 0.609. The Balaban J connectivity index is 2.02. The van der Waals surface area contributed by atoms with Gasteiger partial charge in [-0.3, -0.25) is 4.79 Å². The monoisotopic (exact) mass is 330 g/mol. The van der Waals surface area contributed by atoms with Crippen LogP contribution >= 0.6 is 11.6 Å². The summed E-state index contributed by atoms with van der Waals surface area (Å²) >= 11 is 5.94. The lowest BCUT2D eigenvalue weighted by molar-refractivity contribution is 0.0949. The summed E-state index contributed by atoms with van der Waals surface area (Å²) in [5.74, 6) is 0.134. The minimum atomic E-state index is -2.92. The number of rotatable bonds is 5. The van der Waals surface area contributed by atoms with Crippen molar-refractivity contribution in [1.29, 1.82) is 0 Å². The molecule has 0 aliphatic carbocycles. The molecule has 7 heteroatoms. The standard InChI is InChI=1S/C14H19ClN2O3S/c1-2-16-13-4-3-11(15)7-12(13)14(18)17-8-10-5-6-21(19,20)9-10/h3-4,7,10,16H,2,5-6,8-9H2,1H3,(H,17,18). The smallest absolute Gasteiger partial charge is 0.253 e. The van der Waals surface area contributed by atoms with Crippen molar-refractivity contribution in [3.8, 4) is 0 Å². The van der Waals surface area contributed by atoms with E-state index >= 15 is 0 Å². The van der Waals surface area contributed by atoms with Gasteiger partial charge in [-0.15, -0.1) is 0 Å². The number of carbonyl (C=O) groups is 1. The number of hydrogen-bond donors (Lipinski definition) is 2. The number of nitrogens with one attached hydrogen (secondary N) is 2. The fraction of sp³-hybridized carbons (Fsp3) is 0.500. The number of sulfone groups is 1. The van der Waals surface area contributed by atoms with Crippen LogP contribution in [0.25, 0.3) is 0 Å². The second-order valence-electron chi connectivity index (χ2n) is 5.20. The Bertz CT molecular complexity index is 631. The van der Waals surface area contributed by atoms with E-state index in [1.807, 2.05) is 6.92 Å². The maximum atomic E-state index is 12.3. The summed E-state index contributed by atoms with van der Waals surface area (Å²) < 4.78 is 22.8. The van der Waals surface area contributed by atoms with Gasteiger partial charge >= 0.3 is 0 Å². The fourth-order valence-electron chi connectivity index (χ4n) is 2.41. The minimum Gasteiger partial charge on any atom is -0.385 e. The molecule has 0 saturated carbocycles. The van der Waals surface area contributed by atoms with Crippen LogP contribution in [0.2, 0.25) is 5.02 Å². The Labute approximate surface area is 130 Å². The third-order valence-electron chi connectivity index (χ3n) is 3.47. The Morgan fingerprint density at radius 3 is 2.81 bits per heavy atom. The van der Waals surface area contributed by atoms with Crippen molar-refractivity contribution in [2.45, 2.75) is 13.3 Å². The molecular weight excluding hydrogens is 312 g/mol. The largest absolute Gasteiger partial charge is 0.385 e. The van der Waals surface area contributed by atoms with Crippen LogP contribution in [0.1, 0.15) is 23.7 Å². The van der Waals surface area contributed by atoms with Crippen molar-refractivity contribution >= 4 is 33.0 Å². The maximum absolute atomic E-state index is 12.3. The van der Waals surface area contributed by atoms with E-state index in [0.29, 0.717) is 30.1 Å². The van der Waals surface area contributed by atoms with Crippen molar-refractivity contribution in [3.05, 3.63) is 28.8 Å². The normalized spacial score (nSPS) is 20.2. The zero-order valence-corrected chi connectivity index (χ0v) is 13.4. The van der Waals surface area contributed by atoms with Crippen LogP contribution in [0.5, 0.6) is 0 Å². The fourth-order valence-corrected chi connectivity index (χ4v) is 4.45. The Hall–Kier alpha value is -1.27. The van der Waals surface area contributed by atoms with E-state index in [0.717, 1.165) is 5.69 Å². The van der Waals surface area contributed by atoms with E-state index < -0.39 is 9.84 Å². The third-order valence-corrected chi connectivity index (χ3v) is 5.54. The number of anilines is 1. The van der Waals surface area contributed by atoms with Gasteiger partial charge in [0.2, 0.25) is 0 Å². The van der Waals surface area contributed by atoms with Gasteiger partial charge in [-0.25, -0.2) is 8.42 Å². The molecule has 0 spiro atoms. The van der Waals surface area contributed by atoms with Gasteiger partial charge in [0.1, 0.15) is 0 Å². The topological polar surface area (TPSA) is 75.3 Å². The zero-order chi connectivity index (χ0) is 15.5. The third kappa shape index (κ3) is 4.35. The SMILES string of the molecule is CCNc1ccc(Cl)cc1C(=O)NCC1CCS(=O)(=O)C1. The summed E-state index contributed by atoms with van der Waals surface area (Å²) in [5, 5.41) is 6.40. The molecule has 1 heterocycles. The van der Waals surface area contributed by atoms with Crippen molar-refractivity contribution in [2.75, 3.05) is 29.9 Å². The molecule has 1 aromatic carbocycles. The first-order valence-corrected chi connectivity index (χ1v) is 9.13. The second kappa shape index (κ2) is 6.66. The molecule has 1 unspecified atom stereocenters. The van der Waals surface area contributed by atoms with Crippen LogP contribution in [0.4, 0.5) is 5.69 Å². The van der Waals surface area contributed by atoms with Crippen molar-refractivity contribution < 1.29 is 13.2 Å². The number of hydrogen-bond acceptors (Lipinski definition) is 4. The van der Waals surface area contributed by atoms with Gasteiger partial charge in [-0.2, -0.15) is 0 Å². The lowest BCUT2D eigenvalue weighted by Gasteiger charge is -2.13. The van der Waals surface area contributed by atoms with E-state index in [2.05, 4.69) is 10.6 Å². The number of halogens is 1. The van der Waals surface area contributed by atoms with E-state index in [1.165, 1.54) is 0 Å². The van der Waals surface area contributed by atoms with Gasteiger partial charge in [0.25, 0.3) is 5.91 Å². The van der Waals surface area contributed by atoms with Gasteiger partial charge < -0.3 is 10.6 Å². The molecule has 2 rings (SSSR count). The van der Waals surface area contributed by atoms with Crippen LogP contribution in [0.15, 0.2) is 18.2 Å². The van der Waals surface area contributed by atoms with E-state index in [4.69, 9.17) is 11.6 Å². The molecule has 1 amide bonds. The predicted molar refractivity (Wildman–Crippen MR) is 84.7 cm³/mol. The van der Waals surface area contributed by atoms with Gasteiger partial charge in [-0.1, -0.05) is 11.6 Å². The number of carbonyl (C=O) groups excluding carboxylic acids is 1. The van der Waals surface area contributed by atoms with E-state index in [1.54, 1.807) is 18.2 Å². The van der Waals surface area contributed by atoms with Gasteiger partial charge in [-0.05, 0) is 37.5 Å². The van der Waals surface area contributed by atoms with Gasteiger partial charge in [0.05, 0.1) is 17.1 Å². The summed E-state index contributed by atoms with van der Waals surface area (Å²) in [6, 6.07) is 5.10. The lowest BCUT2D eigenvalue weighted by Crippen LogP contribution is -2.30. The molecule has 1 aliphatic rings. The van der Waals surface area contributed by atoms with E-state index in [9.17, 15) is 13.2 Å². The molecule has 1 saturated heterocycles. The van der Waals surface area contributed by atoms with Crippen molar-refractivity contribution in [3.63, 3.8) is 0 Å². The summed E-state index contributed by atoms with van der Waals surface area (Å²) in [5.41, 5.74) is 1.20. The Kier molecular flexibility index (Phi) is 5.11. The van der Waals surface area contributed by atoms with E-state index in [-0.39, 0.29) is 23.3 Å². The maximum Gasteiger partial charge on any atom is 0.253 e. The molecule has 1 aromatic rings. The van der Waals surface area contributed by atoms with Crippen molar-refractivity contribution in [1.82, 2.24) is 5.32 Å². The number of amides is 1. The minimum absolute atomic E-state index is 0.000665. The molecular formula is C14H19ClN2O3S. The first-order chi connectivity index (χ1) is 9.91. The molecule has 0 bridgehead atoms. The van der Waals surface area contributed by atoms with Crippen LogP contribution in [0.3, 0.4) is 0 Å². The lowest BCUT2D eigenvalue weighted by atomic mass is 10.1. The first kappa shape index (κ1) is 16.1. The average molecular weight is 331 g/mol. The molecule has 1 fully saturated rings. The van der Waals surface area contributed by atoms with Crippen molar-refractivity contribution in [2.24, 2.45) is 5.92 Å². The highest BCUT2D eigenvalue weighted by Gasteiger charge is 2.28. The molecule has 0 radical (unpaired) electrons. The van der Waals surface area contributed by atoms with Gasteiger partial charge in [0, 0.05) is 23.8 Å². The molecule has 5 nitrogen and oxygen atoms in total. The highest BCUT2D eigenvalue weighted by molar-refractivity contribution is 7.91. The van der Waals surface area contributed by atoms with Crippen LogP contribution in [-0.2, 0) is 9.84 Å². The Morgan fingerprint density at radius 1 is 1.43 bits per heavy atom. The number of benzene rings is 1.